The summed E-state index contributed by atoms with van der Waals surface area (Å²) in [6.07, 6.45) is 2.70. The van der Waals surface area contributed by atoms with Crippen LogP contribution in [0.5, 0.6) is 0 Å². The average Bonchev–Trinajstić information content (AvgIpc) is 2.62. The van der Waals surface area contributed by atoms with E-state index in [1.54, 1.807) is 13.0 Å². The normalized spacial score (nSPS) is 10.1. The Morgan fingerprint density at radius 2 is 1.81 bits per heavy atom. The summed E-state index contributed by atoms with van der Waals surface area (Å²) < 4.78 is 4.83. The summed E-state index contributed by atoms with van der Waals surface area (Å²) in [7, 11) is 0. The lowest BCUT2D eigenvalue weighted by Gasteiger charge is -2.11. The fraction of sp³-hybridized carbons (Fsp3) is 0.278. The number of nitrogens with one attached hydrogen (secondary N) is 2. The second kappa shape index (κ2) is 8.70. The van der Waals surface area contributed by atoms with Crippen LogP contribution < -0.4 is 10.6 Å². The summed E-state index contributed by atoms with van der Waals surface area (Å²) >= 11 is 0. The molecule has 0 fully saturated rings. The van der Waals surface area contributed by atoms with Crippen molar-refractivity contribution in [2.75, 3.05) is 18.5 Å². The van der Waals surface area contributed by atoms with E-state index in [4.69, 9.17) is 4.74 Å². The molecule has 26 heavy (non-hydrogen) atoms. The minimum atomic E-state index is -0.757. The zero-order valence-electron chi connectivity index (χ0n) is 14.8. The Morgan fingerprint density at radius 3 is 2.50 bits per heavy atom. The molecule has 0 spiro atoms. The first-order valence-electron chi connectivity index (χ1n) is 7.95. The van der Waals surface area contributed by atoms with Gasteiger partial charge in [-0.05, 0) is 38.0 Å². The molecule has 0 saturated carbocycles. The van der Waals surface area contributed by atoms with Gasteiger partial charge in [0.15, 0.2) is 12.3 Å². The topological polar surface area (TPSA) is 110 Å². The number of amides is 2. The van der Waals surface area contributed by atoms with Gasteiger partial charge in [0, 0.05) is 11.9 Å². The van der Waals surface area contributed by atoms with Gasteiger partial charge in [-0.25, -0.2) is 9.78 Å². The van der Waals surface area contributed by atoms with Gasteiger partial charge in [-0.2, -0.15) is 0 Å². The smallest absolute Gasteiger partial charge is 0.359 e. The molecule has 0 unspecified atom stereocenters. The van der Waals surface area contributed by atoms with Crippen molar-refractivity contribution in [1.82, 2.24) is 15.3 Å². The number of carbonyl (C=O) groups excluding carboxylic acids is 3. The van der Waals surface area contributed by atoms with Gasteiger partial charge in [-0.1, -0.05) is 12.1 Å². The van der Waals surface area contributed by atoms with Crippen molar-refractivity contribution in [3.05, 3.63) is 53.1 Å². The minimum Gasteiger partial charge on any atom is -0.451 e. The molecule has 2 N–H and O–H groups in total. The Balaban J connectivity index is 1.76. The van der Waals surface area contributed by atoms with E-state index in [1.165, 1.54) is 12.4 Å². The van der Waals surface area contributed by atoms with E-state index in [-0.39, 0.29) is 18.1 Å². The maximum atomic E-state index is 11.9. The highest BCUT2D eigenvalue weighted by Crippen LogP contribution is 2.17. The first-order chi connectivity index (χ1) is 12.4. The van der Waals surface area contributed by atoms with Crippen LogP contribution in [0.3, 0.4) is 0 Å². The fourth-order valence-electron chi connectivity index (χ4n) is 2.01. The van der Waals surface area contributed by atoms with E-state index in [0.717, 1.165) is 11.1 Å². The van der Waals surface area contributed by atoms with Gasteiger partial charge in [0.2, 0.25) is 5.91 Å². The lowest BCUT2D eigenvalue weighted by molar-refractivity contribution is -0.126. The highest BCUT2D eigenvalue weighted by molar-refractivity contribution is 5.95. The SMILES string of the molecule is Cc1cnc(C(=O)OCC(=O)NCC(=O)Nc2cccc(C)c2C)cn1. The third kappa shape index (κ3) is 5.37. The summed E-state index contributed by atoms with van der Waals surface area (Å²) in [5, 5.41) is 5.11. The summed E-state index contributed by atoms with van der Waals surface area (Å²) in [4.78, 5) is 43.1. The third-order valence-electron chi connectivity index (χ3n) is 3.65. The number of esters is 1. The number of benzene rings is 1. The molecule has 2 aromatic rings. The van der Waals surface area contributed by atoms with Crippen LogP contribution in [0.1, 0.15) is 27.3 Å². The summed E-state index contributed by atoms with van der Waals surface area (Å²) in [5.41, 5.74) is 3.37. The molecule has 0 aliphatic rings. The lowest BCUT2D eigenvalue weighted by atomic mass is 10.1. The number of anilines is 1. The van der Waals surface area contributed by atoms with Crippen LogP contribution in [-0.2, 0) is 14.3 Å². The van der Waals surface area contributed by atoms with Gasteiger partial charge in [0.05, 0.1) is 18.4 Å². The van der Waals surface area contributed by atoms with E-state index >= 15 is 0 Å². The first kappa shape index (κ1) is 19.0. The lowest BCUT2D eigenvalue weighted by Crippen LogP contribution is -2.35. The molecule has 8 nitrogen and oxygen atoms in total. The monoisotopic (exact) mass is 356 g/mol. The van der Waals surface area contributed by atoms with Crippen LogP contribution in [0.25, 0.3) is 0 Å². The van der Waals surface area contributed by atoms with Gasteiger partial charge < -0.3 is 15.4 Å². The van der Waals surface area contributed by atoms with Crippen LogP contribution >= 0.6 is 0 Å². The molecular weight excluding hydrogens is 336 g/mol. The molecule has 1 aromatic heterocycles. The quantitative estimate of drug-likeness (QED) is 0.755. The van der Waals surface area contributed by atoms with Gasteiger partial charge in [-0.15, -0.1) is 0 Å². The van der Waals surface area contributed by atoms with Crippen LogP contribution in [-0.4, -0.2) is 40.9 Å². The molecule has 0 atom stereocenters. The van der Waals surface area contributed by atoms with E-state index < -0.39 is 18.5 Å². The Bertz CT molecular complexity index is 818. The van der Waals surface area contributed by atoms with Crippen molar-refractivity contribution < 1.29 is 19.1 Å². The Kier molecular flexibility index (Phi) is 6.37. The second-order valence-electron chi connectivity index (χ2n) is 5.69. The van der Waals surface area contributed by atoms with Crippen LogP contribution in [0, 0.1) is 20.8 Å². The average molecular weight is 356 g/mol. The first-order valence-corrected chi connectivity index (χ1v) is 7.95. The van der Waals surface area contributed by atoms with Crippen molar-refractivity contribution >= 4 is 23.5 Å². The van der Waals surface area contributed by atoms with Crippen molar-refractivity contribution in [3.8, 4) is 0 Å². The predicted molar refractivity (Wildman–Crippen MR) is 94.6 cm³/mol. The molecule has 8 heteroatoms. The highest BCUT2D eigenvalue weighted by atomic mass is 16.5. The largest absolute Gasteiger partial charge is 0.451 e. The molecule has 1 aromatic carbocycles. The number of hydrogen-bond donors (Lipinski definition) is 2. The Morgan fingerprint density at radius 1 is 1.04 bits per heavy atom. The maximum Gasteiger partial charge on any atom is 0.359 e. The number of hydrogen-bond acceptors (Lipinski definition) is 6. The standard InChI is InChI=1S/C18H20N4O4/c1-11-5-4-6-14(13(11)3)22-16(23)9-21-17(24)10-26-18(25)15-8-19-12(2)7-20-15/h4-8H,9-10H2,1-3H3,(H,21,24)(H,22,23). The number of nitrogens with zero attached hydrogens (tertiary/aromatic N) is 2. The van der Waals surface area contributed by atoms with E-state index in [1.807, 2.05) is 26.0 Å². The van der Waals surface area contributed by atoms with Gasteiger partial charge in [-0.3, -0.25) is 14.6 Å². The molecule has 0 saturated heterocycles. The van der Waals surface area contributed by atoms with Gasteiger partial charge in [0.1, 0.15) is 0 Å². The molecule has 0 aliphatic heterocycles. The van der Waals surface area contributed by atoms with Crippen molar-refractivity contribution in [1.29, 1.82) is 0 Å². The fourth-order valence-corrected chi connectivity index (χ4v) is 2.01. The van der Waals surface area contributed by atoms with E-state index in [2.05, 4.69) is 20.6 Å². The number of aromatic nitrogens is 2. The molecule has 0 radical (unpaired) electrons. The Labute approximate surface area is 151 Å². The van der Waals surface area contributed by atoms with E-state index in [9.17, 15) is 14.4 Å². The molecule has 0 aliphatic carbocycles. The van der Waals surface area contributed by atoms with Crippen LogP contribution in [0.4, 0.5) is 5.69 Å². The second-order valence-corrected chi connectivity index (χ2v) is 5.69. The molecule has 0 bridgehead atoms. The highest BCUT2D eigenvalue weighted by Gasteiger charge is 2.13. The third-order valence-corrected chi connectivity index (χ3v) is 3.65. The zero-order chi connectivity index (χ0) is 19.1. The predicted octanol–water partition coefficient (Wildman–Crippen LogP) is 1.31. The molecular formula is C18H20N4O4. The number of aryl methyl sites for hydroxylation is 2. The summed E-state index contributed by atoms with van der Waals surface area (Å²) in [6.45, 7) is 4.84. The minimum absolute atomic E-state index is 0.0102. The van der Waals surface area contributed by atoms with Crippen molar-refractivity contribution in [2.24, 2.45) is 0 Å². The number of rotatable bonds is 6. The number of carbonyl (C=O) groups is 3. The summed E-state index contributed by atoms with van der Waals surface area (Å²) in [6, 6.07) is 5.57. The van der Waals surface area contributed by atoms with Gasteiger partial charge >= 0.3 is 5.97 Å². The summed E-state index contributed by atoms with van der Waals surface area (Å²) in [5.74, 6) is -1.72. The van der Waals surface area contributed by atoms with Crippen molar-refractivity contribution in [2.45, 2.75) is 20.8 Å². The number of ether oxygens (including phenoxy) is 1. The molecule has 1 heterocycles. The van der Waals surface area contributed by atoms with Crippen LogP contribution in [0.15, 0.2) is 30.6 Å². The van der Waals surface area contributed by atoms with E-state index in [0.29, 0.717) is 11.4 Å². The van der Waals surface area contributed by atoms with Crippen LogP contribution in [0.2, 0.25) is 0 Å². The molecule has 136 valence electrons. The zero-order valence-corrected chi connectivity index (χ0v) is 14.8. The maximum absolute atomic E-state index is 11.9. The van der Waals surface area contributed by atoms with Crippen molar-refractivity contribution in [3.63, 3.8) is 0 Å². The van der Waals surface area contributed by atoms with Gasteiger partial charge in [0.25, 0.3) is 5.91 Å². The molecule has 2 rings (SSSR count). The Hall–Kier alpha value is -3.29. The molecule has 2 amide bonds.